The van der Waals surface area contributed by atoms with Crippen LogP contribution in [0, 0.1) is 0 Å². The van der Waals surface area contributed by atoms with Crippen molar-refractivity contribution in [2.24, 2.45) is 5.73 Å². The molecule has 1 aromatic heterocycles. The van der Waals surface area contributed by atoms with Crippen LogP contribution in [0.3, 0.4) is 0 Å². The highest BCUT2D eigenvalue weighted by Gasteiger charge is 2.26. The standard InChI is InChI=1S/C20H21N5OS/c21-19(26)15-5-6-16(13-7-8-22-18(13)15)24-9-11-25(12-10-24)20-14-3-1-2-4-17(14)27-23-20/h1-6,22H,7-12H2,(H2,21,26). The van der Waals surface area contributed by atoms with Crippen molar-refractivity contribution in [3.63, 3.8) is 0 Å². The van der Waals surface area contributed by atoms with Crippen LogP contribution < -0.4 is 20.9 Å². The zero-order chi connectivity index (χ0) is 18.4. The molecule has 6 nitrogen and oxygen atoms in total. The Morgan fingerprint density at radius 1 is 1.07 bits per heavy atom. The van der Waals surface area contributed by atoms with Crippen molar-refractivity contribution in [2.45, 2.75) is 6.42 Å². The van der Waals surface area contributed by atoms with Gasteiger partial charge in [-0.2, -0.15) is 4.37 Å². The number of carbonyl (C=O) groups is 1. The van der Waals surface area contributed by atoms with E-state index in [4.69, 9.17) is 10.1 Å². The normalized spacial score (nSPS) is 16.4. The van der Waals surface area contributed by atoms with Crippen molar-refractivity contribution >= 4 is 44.7 Å². The SMILES string of the molecule is NC(=O)c1ccc(N2CCN(c3nsc4ccccc34)CC2)c2c1NCC2. The van der Waals surface area contributed by atoms with E-state index < -0.39 is 0 Å². The van der Waals surface area contributed by atoms with Gasteiger partial charge in [-0.15, -0.1) is 0 Å². The second kappa shape index (κ2) is 6.42. The van der Waals surface area contributed by atoms with E-state index in [1.807, 2.05) is 6.07 Å². The number of carbonyl (C=O) groups excluding carboxylic acids is 1. The number of hydrogen-bond donors (Lipinski definition) is 2. The van der Waals surface area contributed by atoms with Crippen LogP contribution in [0.5, 0.6) is 0 Å². The van der Waals surface area contributed by atoms with E-state index in [1.165, 1.54) is 21.3 Å². The Kier molecular flexibility index (Phi) is 3.89. The molecule has 2 aromatic carbocycles. The van der Waals surface area contributed by atoms with Gasteiger partial charge in [0.05, 0.1) is 16.0 Å². The van der Waals surface area contributed by atoms with E-state index in [0.717, 1.165) is 50.6 Å². The Morgan fingerprint density at radius 2 is 1.85 bits per heavy atom. The molecule has 0 aliphatic carbocycles. The van der Waals surface area contributed by atoms with Gasteiger partial charge in [0.2, 0.25) is 0 Å². The Labute approximate surface area is 161 Å². The number of nitrogens with two attached hydrogens (primary N) is 1. The third-order valence-corrected chi connectivity index (χ3v) is 6.33. The Morgan fingerprint density at radius 3 is 2.67 bits per heavy atom. The molecular weight excluding hydrogens is 358 g/mol. The highest BCUT2D eigenvalue weighted by molar-refractivity contribution is 7.13. The molecule has 27 heavy (non-hydrogen) atoms. The van der Waals surface area contributed by atoms with Crippen molar-refractivity contribution in [1.82, 2.24) is 4.37 Å². The number of piperazine rings is 1. The first kappa shape index (κ1) is 16.4. The second-order valence-electron chi connectivity index (χ2n) is 7.00. The number of aromatic nitrogens is 1. The zero-order valence-electron chi connectivity index (χ0n) is 14.9. The molecule has 138 valence electrons. The first-order valence-electron chi connectivity index (χ1n) is 9.26. The highest BCUT2D eigenvalue weighted by Crippen LogP contribution is 2.36. The largest absolute Gasteiger partial charge is 0.384 e. The summed E-state index contributed by atoms with van der Waals surface area (Å²) in [7, 11) is 0. The van der Waals surface area contributed by atoms with Crippen LogP contribution in [0.1, 0.15) is 15.9 Å². The molecule has 1 amide bonds. The fraction of sp³-hybridized carbons (Fsp3) is 0.300. The molecule has 0 bridgehead atoms. The van der Waals surface area contributed by atoms with Crippen molar-refractivity contribution in [3.05, 3.63) is 47.5 Å². The summed E-state index contributed by atoms with van der Waals surface area (Å²) in [5.74, 6) is 0.735. The van der Waals surface area contributed by atoms with E-state index in [0.29, 0.717) is 5.56 Å². The minimum Gasteiger partial charge on any atom is -0.384 e. The predicted molar refractivity (Wildman–Crippen MR) is 111 cm³/mol. The van der Waals surface area contributed by atoms with Crippen LogP contribution in [0.25, 0.3) is 10.1 Å². The van der Waals surface area contributed by atoms with Crippen molar-refractivity contribution < 1.29 is 4.79 Å². The number of anilines is 3. The molecule has 3 heterocycles. The van der Waals surface area contributed by atoms with Crippen LogP contribution >= 0.6 is 11.5 Å². The maximum absolute atomic E-state index is 11.7. The van der Waals surface area contributed by atoms with Crippen molar-refractivity contribution in [1.29, 1.82) is 0 Å². The quantitative estimate of drug-likeness (QED) is 0.732. The Hall–Kier alpha value is -2.80. The van der Waals surface area contributed by atoms with Crippen LogP contribution in [-0.4, -0.2) is 43.0 Å². The molecule has 1 fully saturated rings. The number of nitrogens with zero attached hydrogens (tertiary/aromatic N) is 3. The van der Waals surface area contributed by atoms with Gasteiger partial charge in [0, 0.05) is 49.4 Å². The number of nitrogens with one attached hydrogen (secondary N) is 1. The van der Waals surface area contributed by atoms with Gasteiger partial charge in [-0.25, -0.2) is 0 Å². The molecular formula is C20H21N5OS. The number of primary amides is 1. The molecule has 1 saturated heterocycles. The van der Waals surface area contributed by atoms with E-state index in [-0.39, 0.29) is 5.91 Å². The lowest BCUT2D eigenvalue weighted by Gasteiger charge is -2.37. The molecule has 3 aromatic rings. The summed E-state index contributed by atoms with van der Waals surface area (Å²) in [6.45, 7) is 4.61. The maximum atomic E-state index is 11.7. The summed E-state index contributed by atoms with van der Waals surface area (Å²) in [6, 6.07) is 12.3. The van der Waals surface area contributed by atoms with Crippen LogP contribution in [-0.2, 0) is 6.42 Å². The van der Waals surface area contributed by atoms with Gasteiger partial charge >= 0.3 is 0 Å². The molecule has 0 atom stereocenters. The highest BCUT2D eigenvalue weighted by atomic mass is 32.1. The molecule has 2 aliphatic heterocycles. The number of fused-ring (bicyclic) bond motifs is 2. The zero-order valence-corrected chi connectivity index (χ0v) is 15.8. The molecule has 0 spiro atoms. The first-order valence-corrected chi connectivity index (χ1v) is 10.0. The number of amides is 1. The average Bonchev–Trinajstić information content (AvgIpc) is 3.34. The molecule has 0 radical (unpaired) electrons. The number of hydrogen-bond acceptors (Lipinski definition) is 6. The average molecular weight is 379 g/mol. The van der Waals surface area contributed by atoms with Crippen LogP contribution in [0.4, 0.5) is 17.2 Å². The molecule has 5 rings (SSSR count). The van der Waals surface area contributed by atoms with Crippen molar-refractivity contribution in [2.75, 3.05) is 47.8 Å². The topological polar surface area (TPSA) is 74.5 Å². The summed E-state index contributed by atoms with van der Waals surface area (Å²) < 4.78 is 5.93. The van der Waals surface area contributed by atoms with Crippen LogP contribution in [0.15, 0.2) is 36.4 Å². The summed E-state index contributed by atoms with van der Waals surface area (Å²) in [4.78, 5) is 16.5. The minimum atomic E-state index is -0.368. The van der Waals surface area contributed by atoms with Gasteiger partial charge in [0.25, 0.3) is 5.91 Å². The monoisotopic (exact) mass is 379 g/mol. The third-order valence-electron chi connectivity index (χ3n) is 5.51. The number of rotatable bonds is 3. The number of benzene rings is 2. The molecule has 2 aliphatic rings. The first-order chi connectivity index (χ1) is 13.2. The van der Waals surface area contributed by atoms with E-state index in [9.17, 15) is 4.79 Å². The predicted octanol–water partition coefficient (Wildman–Crippen LogP) is 2.69. The Bertz CT molecular complexity index is 1020. The molecule has 0 saturated carbocycles. The fourth-order valence-electron chi connectivity index (χ4n) is 4.17. The van der Waals surface area contributed by atoms with Crippen LogP contribution in [0.2, 0.25) is 0 Å². The van der Waals surface area contributed by atoms with Gasteiger partial charge in [-0.1, -0.05) is 12.1 Å². The fourth-order valence-corrected chi connectivity index (χ4v) is 4.96. The molecule has 7 heteroatoms. The van der Waals surface area contributed by atoms with Gasteiger partial charge in [-0.3, -0.25) is 4.79 Å². The lowest BCUT2D eigenvalue weighted by Crippen LogP contribution is -2.47. The third kappa shape index (κ3) is 2.70. The van der Waals surface area contributed by atoms with E-state index in [2.05, 4.69) is 45.4 Å². The second-order valence-corrected chi connectivity index (χ2v) is 7.81. The Balaban J connectivity index is 1.38. The summed E-state index contributed by atoms with van der Waals surface area (Å²) in [6.07, 6.45) is 0.933. The molecule has 0 unspecified atom stereocenters. The van der Waals surface area contributed by atoms with E-state index in [1.54, 1.807) is 11.5 Å². The molecule has 3 N–H and O–H groups in total. The smallest absolute Gasteiger partial charge is 0.250 e. The minimum absolute atomic E-state index is 0.368. The van der Waals surface area contributed by atoms with E-state index >= 15 is 0 Å². The summed E-state index contributed by atoms with van der Waals surface area (Å²) in [5, 5.41) is 4.58. The summed E-state index contributed by atoms with van der Waals surface area (Å²) in [5.41, 5.74) is 9.49. The van der Waals surface area contributed by atoms with Crippen molar-refractivity contribution in [3.8, 4) is 0 Å². The lowest BCUT2D eigenvalue weighted by molar-refractivity contribution is 0.100. The van der Waals surface area contributed by atoms with Gasteiger partial charge in [-0.05, 0) is 42.2 Å². The lowest BCUT2D eigenvalue weighted by atomic mass is 10.0. The van der Waals surface area contributed by atoms with Gasteiger partial charge < -0.3 is 20.9 Å². The van der Waals surface area contributed by atoms with Gasteiger partial charge in [0.15, 0.2) is 0 Å². The maximum Gasteiger partial charge on any atom is 0.250 e. The van der Waals surface area contributed by atoms with Gasteiger partial charge in [0.1, 0.15) is 5.82 Å². The summed E-state index contributed by atoms with van der Waals surface area (Å²) >= 11 is 1.57.